The maximum Gasteiger partial charge on any atom is 0.221 e. The Labute approximate surface area is 120 Å². The lowest BCUT2D eigenvalue weighted by atomic mass is 10.2. The third-order valence-corrected chi connectivity index (χ3v) is 3.31. The molecule has 98 valence electrons. The van der Waals surface area contributed by atoms with Gasteiger partial charge in [0.05, 0.1) is 5.69 Å². The third kappa shape index (κ3) is 3.79. The molecule has 2 N–H and O–H groups in total. The molecule has 0 fully saturated rings. The smallest absolute Gasteiger partial charge is 0.221 e. The van der Waals surface area contributed by atoms with Gasteiger partial charge in [-0.25, -0.2) is 4.98 Å². The predicted molar refractivity (Wildman–Crippen MR) is 80.7 cm³/mol. The van der Waals surface area contributed by atoms with Crippen molar-refractivity contribution in [2.75, 3.05) is 10.6 Å². The van der Waals surface area contributed by atoms with Crippen molar-refractivity contribution in [3.8, 4) is 0 Å². The van der Waals surface area contributed by atoms with E-state index in [1.54, 1.807) is 0 Å². The van der Waals surface area contributed by atoms with Crippen LogP contribution in [0.4, 0.5) is 17.2 Å². The highest BCUT2D eigenvalue weighted by Crippen LogP contribution is 2.21. The number of aromatic nitrogens is 1. The fourth-order valence-electron chi connectivity index (χ4n) is 1.64. The summed E-state index contributed by atoms with van der Waals surface area (Å²) in [5, 5.41) is 5.95. The number of benzene rings is 1. The van der Waals surface area contributed by atoms with E-state index in [9.17, 15) is 4.79 Å². The van der Waals surface area contributed by atoms with Gasteiger partial charge in [0, 0.05) is 22.8 Å². The molecule has 19 heavy (non-hydrogen) atoms. The van der Waals surface area contributed by atoms with E-state index >= 15 is 0 Å². The lowest BCUT2D eigenvalue weighted by molar-refractivity contribution is -0.114. The Hall–Kier alpha value is -1.88. The Morgan fingerprint density at radius 1 is 1.21 bits per heavy atom. The summed E-state index contributed by atoms with van der Waals surface area (Å²) < 4.78 is 0.977. The summed E-state index contributed by atoms with van der Waals surface area (Å²) >= 11 is 3.42. The Bertz CT molecular complexity index is 613. The number of hydrogen-bond donors (Lipinski definition) is 2. The van der Waals surface area contributed by atoms with Crippen molar-refractivity contribution in [2.24, 2.45) is 0 Å². The second-order valence-electron chi connectivity index (χ2n) is 4.15. The number of amides is 1. The van der Waals surface area contributed by atoms with Gasteiger partial charge in [0.25, 0.3) is 0 Å². The van der Waals surface area contributed by atoms with Crippen LogP contribution in [0.1, 0.15) is 12.6 Å². The molecule has 1 aromatic carbocycles. The minimum atomic E-state index is -0.0882. The highest BCUT2D eigenvalue weighted by molar-refractivity contribution is 9.10. The van der Waals surface area contributed by atoms with E-state index < -0.39 is 0 Å². The maximum atomic E-state index is 11.0. The zero-order chi connectivity index (χ0) is 13.8. The first-order valence-electron chi connectivity index (χ1n) is 5.82. The highest BCUT2D eigenvalue weighted by atomic mass is 79.9. The van der Waals surface area contributed by atoms with Gasteiger partial charge >= 0.3 is 0 Å². The zero-order valence-corrected chi connectivity index (χ0v) is 12.3. The summed E-state index contributed by atoms with van der Waals surface area (Å²) in [6, 6.07) is 11.3. The van der Waals surface area contributed by atoms with Crippen molar-refractivity contribution < 1.29 is 4.79 Å². The van der Waals surface area contributed by atoms with Crippen LogP contribution in [-0.4, -0.2) is 10.9 Å². The molecular weight excluding hydrogens is 306 g/mol. The Morgan fingerprint density at radius 2 is 1.95 bits per heavy atom. The highest BCUT2D eigenvalue weighted by Gasteiger charge is 2.01. The van der Waals surface area contributed by atoms with E-state index in [2.05, 4.69) is 31.5 Å². The van der Waals surface area contributed by atoms with Gasteiger partial charge in [0.1, 0.15) is 5.82 Å². The number of hydrogen-bond acceptors (Lipinski definition) is 3. The largest absolute Gasteiger partial charge is 0.340 e. The summed E-state index contributed by atoms with van der Waals surface area (Å²) in [5.74, 6) is 0.676. The monoisotopic (exact) mass is 319 g/mol. The second kappa shape index (κ2) is 5.84. The van der Waals surface area contributed by atoms with E-state index in [4.69, 9.17) is 0 Å². The summed E-state index contributed by atoms with van der Waals surface area (Å²) in [4.78, 5) is 15.4. The number of pyridine rings is 1. The third-order valence-electron chi connectivity index (χ3n) is 2.48. The molecule has 0 aliphatic rings. The topological polar surface area (TPSA) is 54.0 Å². The molecule has 0 radical (unpaired) electrons. The molecule has 1 heterocycles. The molecule has 0 aliphatic carbocycles. The number of nitrogens with zero attached hydrogens (tertiary/aromatic N) is 1. The molecule has 2 aromatic rings. The molecule has 1 amide bonds. The molecule has 1 aromatic heterocycles. The first kappa shape index (κ1) is 13.5. The molecule has 0 saturated carbocycles. The van der Waals surface area contributed by atoms with Gasteiger partial charge in [0.15, 0.2) is 0 Å². The molecule has 0 saturated heterocycles. The van der Waals surface area contributed by atoms with Gasteiger partial charge < -0.3 is 10.6 Å². The minimum absolute atomic E-state index is 0.0882. The molecule has 5 heteroatoms. The van der Waals surface area contributed by atoms with Gasteiger partial charge in [-0.15, -0.1) is 0 Å². The van der Waals surface area contributed by atoms with Crippen molar-refractivity contribution in [3.05, 3.63) is 46.6 Å². The second-order valence-corrected chi connectivity index (χ2v) is 5.01. The lowest BCUT2D eigenvalue weighted by Gasteiger charge is -2.09. The van der Waals surface area contributed by atoms with Crippen LogP contribution >= 0.6 is 15.9 Å². The number of anilines is 3. The molecule has 0 bridgehead atoms. The Morgan fingerprint density at radius 3 is 2.63 bits per heavy atom. The summed E-state index contributed by atoms with van der Waals surface area (Å²) in [5.41, 5.74) is 2.55. The van der Waals surface area contributed by atoms with Crippen molar-refractivity contribution >= 4 is 39.0 Å². The zero-order valence-electron chi connectivity index (χ0n) is 10.7. The van der Waals surface area contributed by atoms with E-state index in [-0.39, 0.29) is 5.91 Å². The average molecular weight is 320 g/mol. The summed E-state index contributed by atoms with van der Waals surface area (Å²) in [7, 11) is 0. The Kier molecular flexibility index (Phi) is 4.16. The molecule has 0 spiro atoms. The molecule has 0 unspecified atom stereocenters. The summed E-state index contributed by atoms with van der Waals surface area (Å²) in [6.07, 6.45) is 0. The van der Waals surface area contributed by atoms with Gasteiger partial charge in [-0.2, -0.15) is 0 Å². The van der Waals surface area contributed by atoms with Gasteiger partial charge in [-0.1, -0.05) is 6.07 Å². The Balaban J connectivity index is 2.18. The van der Waals surface area contributed by atoms with E-state index in [0.717, 1.165) is 27.4 Å². The normalized spacial score (nSPS) is 10.1. The van der Waals surface area contributed by atoms with Crippen LogP contribution in [0.3, 0.4) is 0 Å². The number of aryl methyl sites for hydroxylation is 1. The number of rotatable bonds is 3. The predicted octanol–water partition coefficient (Wildman–Crippen LogP) is 3.85. The van der Waals surface area contributed by atoms with Crippen LogP contribution in [0.5, 0.6) is 0 Å². The fourth-order valence-corrected chi connectivity index (χ4v) is 1.86. The van der Waals surface area contributed by atoms with Gasteiger partial charge in [0.2, 0.25) is 5.91 Å². The van der Waals surface area contributed by atoms with Crippen LogP contribution in [0.2, 0.25) is 0 Å². The quantitative estimate of drug-likeness (QED) is 0.903. The number of nitrogens with one attached hydrogen (secondary N) is 2. The maximum absolute atomic E-state index is 11.0. The van der Waals surface area contributed by atoms with Crippen molar-refractivity contribution in [1.29, 1.82) is 0 Å². The molecule has 0 aliphatic heterocycles. The van der Waals surface area contributed by atoms with Crippen LogP contribution in [0, 0.1) is 6.92 Å². The summed E-state index contributed by atoms with van der Waals surface area (Å²) in [6.45, 7) is 3.42. The fraction of sp³-hybridized carbons (Fsp3) is 0.143. The standard InChI is InChI=1S/C14H14BrN3O/c1-9-13(15)6-7-14(16-9)18-12-5-3-4-11(8-12)17-10(2)19/h3-8H,1-2H3,(H,16,18)(H,17,19). The number of halogens is 1. The van der Waals surface area contributed by atoms with Crippen molar-refractivity contribution in [3.63, 3.8) is 0 Å². The first-order chi connectivity index (χ1) is 9.04. The average Bonchev–Trinajstić information content (AvgIpc) is 2.33. The van der Waals surface area contributed by atoms with Crippen LogP contribution in [0.25, 0.3) is 0 Å². The van der Waals surface area contributed by atoms with E-state index in [0.29, 0.717) is 0 Å². The van der Waals surface area contributed by atoms with Crippen LogP contribution in [0.15, 0.2) is 40.9 Å². The first-order valence-corrected chi connectivity index (χ1v) is 6.62. The molecule has 0 atom stereocenters. The molecular formula is C14H14BrN3O. The lowest BCUT2D eigenvalue weighted by Crippen LogP contribution is -2.05. The van der Waals surface area contributed by atoms with Crippen LogP contribution in [-0.2, 0) is 4.79 Å². The SMILES string of the molecule is CC(=O)Nc1cccc(Nc2ccc(Br)c(C)n2)c1. The minimum Gasteiger partial charge on any atom is -0.340 e. The van der Waals surface area contributed by atoms with Crippen molar-refractivity contribution in [2.45, 2.75) is 13.8 Å². The molecule has 2 rings (SSSR count). The number of carbonyl (C=O) groups excluding carboxylic acids is 1. The molecule has 4 nitrogen and oxygen atoms in total. The van der Waals surface area contributed by atoms with Gasteiger partial charge in [-0.05, 0) is 53.2 Å². The number of carbonyl (C=O) groups is 1. The van der Waals surface area contributed by atoms with Crippen LogP contribution < -0.4 is 10.6 Å². The van der Waals surface area contributed by atoms with Crippen molar-refractivity contribution in [1.82, 2.24) is 4.98 Å². The van der Waals surface area contributed by atoms with Gasteiger partial charge in [-0.3, -0.25) is 4.79 Å². The van der Waals surface area contributed by atoms with E-state index in [1.807, 2.05) is 43.3 Å². The van der Waals surface area contributed by atoms with E-state index in [1.165, 1.54) is 6.92 Å².